The molecule has 2 rings (SSSR count). The van der Waals surface area contributed by atoms with Crippen molar-refractivity contribution in [3.63, 3.8) is 0 Å². The standard InChI is InChI=1S/C10H9IO2/c1-6-8(4-9(12)10(6)11)7-2-3-13-5-7/h2-3,5,8H,4H2,1H3/t8-/m1/s1. The van der Waals surface area contributed by atoms with Gasteiger partial charge in [0.25, 0.3) is 0 Å². The lowest BCUT2D eigenvalue weighted by Gasteiger charge is -2.06. The summed E-state index contributed by atoms with van der Waals surface area (Å²) in [6, 6.07) is 1.93. The summed E-state index contributed by atoms with van der Waals surface area (Å²) in [6.07, 6.45) is 3.97. The van der Waals surface area contributed by atoms with Crippen LogP contribution in [0, 0.1) is 0 Å². The molecule has 2 nitrogen and oxygen atoms in total. The molecule has 1 atom stereocenters. The van der Waals surface area contributed by atoms with Crippen molar-refractivity contribution in [2.24, 2.45) is 0 Å². The minimum Gasteiger partial charge on any atom is -0.472 e. The average Bonchev–Trinajstić information content (AvgIpc) is 2.70. The summed E-state index contributed by atoms with van der Waals surface area (Å²) in [4.78, 5) is 11.4. The molecule has 0 radical (unpaired) electrons. The normalized spacial score (nSPS) is 22.9. The summed E-state index contributed by atoms with van der Waals surface area (Å²) in [5, 5.41) is 0. The number of rotatable bonds is 1. The first kappa shape index (κ1) is 8.99. The topological polar surface area (TPSA) is 30.2 Å². The number of hydrogen-bond acceptors (Lipinski definition) is 2. The van der Waals surface area contributed by atoms with E-state index in [-0.39, 0.29) is 11.7 Å². The Balaban J connectivity index is 2.36. The summed E-state index contributed by atoms with van der Waals surface area (Å²) in [5.74, 6) is 0.502. The fourth-order valence-electron chi connectivity index (χ4n) is 1.64. The number of Topliss-reactive ketones (excluding diaryl/α,β-unsaturated/α-hetero) is 1. The molecule has 0 fully saturated rings. The molecule has 0 saturated heterocycles. The number of carbonyl (C=O) groups is 1. The molecule has 1 aliphatic rings. The molecule has 1 aromatic rings. The highest BCUT2D eigenvalue weighted by atomic mass is 127. The van der Waals surface area contributed by atoms with E-state index in [9.17, 15) is 4.79 Å². The van der Waals surface area contributed by atoms with E-state index in [1.807, 2.05) is 13.0 Å². The fourth-order valence-corrected chi connectivity index (χ4v) is 2.24. The van der Waals surface area contributed by atoms with Crippen molar-refractivity contribution in [1.82, 2.24) is 0 Å². The molecule has 0 amide bonds. The van der Waals surface area contributed by atoms with E-state index >= 15 is 0 Å². The molecule has 1 aliphatic carbocycles. The van der Waals surface area contributed by atoms with E-state index in [0.29, 0.717) is 6.42 Å². The van der Waals surface area contributed by atoms with E-state index in [0.717, 1.165) is 9.14 Å². The second-order valence-corrected chi connectivity index (χ2v) is 4.31. The second-order valence-electron chi connectivity index (χ2n) is 3.23. The van der Waals surface area contributed by atoms with Crippen molar-refractivity contribution < 1.29 is 9.21 Å². The molecule has 0 N–H and O–H groups in total. The molecule has 1 aromatic heterocycles. The molecule has 0 spiro atoms. The highest BCUT2D eigenvalue weighted by molar-refractivity contribution is 14.1. The van der Waals surface area contributed by atoms with Gasteiger partial charge in [-0.2, -0.15) is 0 Å². The summed E-state index contributed by atoms with van der Waals surface area (Å²) in [6.45, 7) is 2.02. The third-order valence-corrected chi connectivity index (χ3v) is 3.90. The molecule has 0 unspecified atom stereocenters. The fraction of sp³-hybridized carbons (Fsp3) is 0.300. The van der Waals surface area contributed by atoms with Gasteiger partial charge in [-0.15, -0.1) is 0 Å². The van der Waals surface area contributed by atoms with Crippen molar-refractivity contribution in [2.45, 2.75) is 19.3 Å². The highest BCUT2D eigenvalue weighted by Gasteiger charge is 2.29. The lowest BCUT2D eigenvalue weighted by atomic mass is 9.96. The molecular formula is C10H9IO2. The molecule has 68 valence electrons. The summed E-state index contributed by atoms with van der Waals surface area (Å²) in [5.41, 5.74) is 2.28. The molecule has 0 aromatic carbocycles. The van der Waals surface area contributed by atoms with Gasteiger partial charge < -0.3 is 4.42 Å². The zero-order valence-corrected chi connectivity index (χ0v) is 9.37. The van der Waals surface area contributed by atoms with E-state index in [2.05, 4.69) is 22.6 Å². The van der Waals surface area contributed by atoms with Crippen LogP contribution in [0.5, 0.6) is 0 Å². The van der Waals surface area contributed by atoms with Crippen molar-refractivity contribution in [2.75, 3.05) is 0 Å². The summed E-state index contributed by atoms with van der Waals surface area (Å²) >= 11 is 2.12. The minimum atomic E-state index is 0.248. The first-order valence-electron chi connectivity index (χ1n) is 4.11. The van der Waals surface area contributed by atoms with Gasteiger partial charge in [-0.05, 0) is 46.7 Å². The monoisotopic (exact) mass is 288 g/mol. The quantitative estimate of drug-likeness (QED) is 0.743. The van der Waals surface area contributed by atoms with Gasteiger partial charge >= 0.3 is 0 Å². The third-order valence-electron chi connectivity index (χ3n) is 2.45. The van der Waals surface area contributed by atoms with Crippen LogP contribution in [0.15, 0.2) is 32.2 Å². The predicted molar refractivity (Wildman–Crippen MR) is 57.8 cm³/mol. The van der Waals surface area contributed by atoms with Crippen molar-refractivity contribution in [1.29, 1.82) is 0 Å². The Bertz CT molecular complexity index is 362. The number of allylic oxidation sites excluding steroid dienone is 2. The molecular weight excluding hydrogens is 279 g/mol. The Morgan fingerprint density at radius 3 is 2.85 bits per heavy atom. The maximum atomic E-state index is 11.4. The van der Waals surface area contributed by atoms with Gasteiger partial charge in [0.05, 0.1) is 16.1 Å². The van der Waals surface area contributed by atoms with Gasteiger partial charge in [0, 0.05) is 12.3 Å². The Labute approximate surface area is 90.1 Å². The molecule has 0 saturated carbocycles. The van der Waals surface area contributed by atoms with Crippen LogP contribution in [0.3, 0.4) is 0 Å². The maximum Gasteiger partial charge on any atom is 0.169 e. The molecule has 0 bridgehead atoms. The van der Waals surface area contributed by atoms with Crippen LogP contribution in [0.4, 0.5) is 0 Å². The Hall–Kier alpha value is -0.580. The second kappa shape index (κ2) is 3.29. The van der Waals surface area contributed by atoms with Crippen LogP contribution in [-0.2, 0) is 4.79 Å². The predicted octanol–water partition coefficient (Wildman–Crippen LogP) is 3.05. The Morgan fingerprint density at radius 1 is 1.62 bits per heavy atom. The average molecular weight is 288 g/mol. The lowest BCUT2D eigenvalue weighted by molar-refractivity contribution is -0.114. The maximum absolute atomic E-state index is 11.4. The van der Waals surface area contributed by atoms with Crippen molar-refractivity contribution in [3.05, 3.63) is 33.3 Å². The number of furan rings is 1. The molecule has 0 aliphatic heterocycles. The smallest absolute Gasteiger partial charge is 0.169 e. The van der Waals surface area contributed by atoms with Crippen LogP contribution in [0.25, 0.3) is 0 Å². The Morgan fingerprint density at radius 2 is 2.38 bits per heavy atom. The molecule has 3 heteroatoms. The number of ketones is 1. The largest absolute Gasteiger partial charge is 0.472 e. The van der Waals surface area contributed by atoms with Gasteiger partial charge in [0.1, 0.15) is 0 Å². The first-order chi connectivity index (χ1) is 6.20. The molecule has 13 heavy (non-hydrogen) atoms. The number of hydrogen-bond donors (Lipinski definition) is 0. The van der Waals surface area contributed by atoms with Crippen molar-refractivity contribution >= 4 is 28.4 Å². The first-order valence-corrected chi connectivity index (χ1v) is 5.19. The lowest BCUT2D eigenvalue weighted by Crippen LogP contribution is -1.95. The summed E-state index contributed by atoms with van der Waals surface area (Å²) < 4.78 is 5.90. The SMILES string of the molecule is CC1=C(I)C(=O)C[C@H]1c1ccoc1. The minimum absolute atomic E-state index is 0.248. The zero-order chi connectivity index (χ0) is 9.42. The van der Waals surface area contributed by atoms with Gasteiger partial charge in [-0.1, -0.05) is 0 Å². The third kappa shape index (κ3) is 1.45. The van der Waals surface area contributed by atoms with Crippen LogP contribution >= 0.6 is 22.6 Å². The van der Waals surface area contributed by atoms with Gasteiger partial charge in [0.2, 0.25) is 0 Å². The van der Waals surface area contributed by atoms with Gasteiger partial charge in [0.15, 0.2) is 5.78 Å². The zero-order valence-electron chi connectivity index (χ0n) is 7.21. The van der Waals surface area contributed by atoms with Gasteiger partial charge in [-0.3, -0.25) is 4.79 Å². The molecule has 1 heterocycles. The highest BCUT2D eigenvalue weighted by Crippen LogP contribution is 2.39. The van der Waals surface area contributed by atoms with Gasteiger partial charge in [-0.25, -0.2) is 0 Å². The number of carbonyl (C=O) groups excluding carboxylic acids is 1. The number of halogens is 1. The van der Waals surface area contributed by atoms with Crippen LogP contribution in [0.2, 0.25) is 0 Å². The van der Waals surface area contributed by atoms with Crippen LogP contribution in [0.1, 0.15) is 24.8 Å². The van der Waals surface area contributed by atoms with E-state index < -0.39 is 0 Å². The van der Waals surface area contributed by atoms with Crippen LogP contribution in [-0.4, -0.2) is 5.78 Å². The summed E-state index contributed by atoms with van der Waals surface area (Å²) in [7, 11) is 0. The van der Waals surface area contributed by atoms with Crippen molar-refractivity contribution in [3.8, 4) is 0 Å². The van der Waals surface area contributed by atoms with Crippen LogP contribution < -0.4 is 0 Å². The Kier molecular flexibility index (Phi) is 2.27. The van der Waals surface area contributed by atoms with E-state index in [1.54, 1.807) is 12.5 Å². The van der Waals surface area contributed by atoms with E-state index in [4.69, 9.17) is 4.42 Å². The van der Waals surface area contributed by atoms with E-state index in [1.165, 1.54) is 5.57 Å².